The van der Waals surface area contributed by atoms with Gasteiger partial charge in [-0.15, -0.1) is 0 Å². The van der Waals surface area contributed by atoms with Crippen LogP contribution in [0.3, 0.4) is 0 Å². The average Bonchev–Trinajstić information content (AvgIpc) is 2.42. The van der Waals surface area contributed by atoms with Gasteiger partial charge in [0.1, 0.15) is 6.10 Å². The molecule has 80 valence electrons. The lowest BCUT2D eigenvalue weighted by atomic mass is 10.1. The van der Waals surface area contributed by atoms with Crippen molar-refractivity contribution in [3.05, 3.63) is 0 Å². The molecule has 0 aromatic heterocycles. The smallest absolute Gasteiger partial charge is 0.408 e. The predicted octanol–water partition coefficient (Wildman–Crippen LogP) is -0.214. The maximum Gasteiger partial charge on any atom is 0.408 e. The SMILES string of the molecule is CO[C@@H]1CN(C(=O)O)[C@H](C(=O)O)[C@H]1F. The van der Waals surface area contributed by atoms with E-state index in [2.05, 4.69) is 4.74 Å². The summed E-state index contributed by atoms with van der Waals surface area (Å²) in [5.74, 6) is -1.50. The van der Waals surface area contributed by atoms with Crippen molar-refractivity contribution in [3.8, 4) is 0 Å². The lowest BCUT2D eigenvalue weighted by Gasteiger charge is -2.17. The predicted molar refractivity (Wildman–Crippen MR) is 41.8 cm³/mol. The van der Waals surface area contributed by atoms with Crippen LogP contribution in [0.4, 0.5) is 9.18 Å². The molecule has 0 unspecified atom stereocenters. The van der Waals surface area contributed by atoms with Crippen LogP contribution in [0, 0.1) is 0 Å². The van der Waals surface area contributed by atoms with Crippen molar-refractivity contribution in [3.63, 3.8) is 0 Å². The number of hydrogen-bond acceptors (Lipinski definition) is 3. The van der Waals surface area contributed by atoms with Gasteiger partial charge in [-0.25, -0.2) is 14.0 Å². The Morgan fingerprint density at radius 2 is 2.07 bits per heavy atom. The van der Waals surface area contributed by atoms with Gasteiger partial charge in [0.15, 0.2) is 12.2 Å². The van der Waals surface area contributed by atoms with Crippen molar-refractivity contribution < 1.29 is 28.9 Å². The molecular formula is C7H10FNO5. The van der Waals surface area contributed by atoms with Crippen molar-refractivity contribution in [2.45, 2.75) is 18.3 Å². The summed E-state index contributed by atoms with van der Waals surface area (Å²) in [7, 11) is 1.21. The number of aliphatic carboxylic acids is 1. The Kier molecular flexibility index (Phi) is 2.90. The number of hydrogen-bond donors (Lipinski definition) is 2. The molecule has 14 heavy (non-hydrogen) atoms. The summed E-state index contributed by atoms with van der Waals surface area (Å²) >= 11 is 0. The monoisotopic (exact) mass is 207 g/mol. The first kappa shape index (κ1) is 10.7. The first-order valence-electron chi connectivity index (χ1n) is 3.88. The first-order valence-corrected chi connectivity index (χ1v) is 3.88. The fourth-order valence-electron chi connectivity index (χ4n) is 1.45. The van der Waals surface area contributed by atoms with Crippen LogP contribution in [0.15, 0.2) is 0 Å². The standard InChI is InChI=1S/C7H10FNO5/c1-14-3-2-9(7(12)13)5(4(3)8)6(10)11/h3-5H,2H2,1H3,(H,10,11)(H,12,13)/t3-,4+,5+/m1/s1. The fraction of sp³-hybridized carbons (Fsp3) is 0.714. The van der Waals surface area contributed by atoms with Crippen LogP contribution < -0.4 is 0 Å². The molecule has 1 aliphatic rings. The van der Waals surface area contributed by atoms with Gasteiger partial charge in [0.2, 0.25) is 0 Å². The van der Waals surface area contributed by atoms with Crippen LogP contribution in [0.5, 0.6) is 0 Å². The molecule has 1 rings (SSSR count). The molecular weight excluding hydrogens is 197 g/mol. The summed E-state index contributed by atoms with van der Waals surface area (Å²) in [6, 6.07) is -1.67. The van der Waals surface area contributed by atoms with Crippen LogP contribution >= 0.6 is 0 Å². The molecule has 0 aromatic carbocycles. The van der Waals surface area contributed by atoms with Gasteiger partial charge >= 0.3 is 12.1 Å². The molecule has 1 fully saturated rings. The summed E-state index contributed by atoms with van der Waals surface area (Å²) in [5.41, 5.74) is 0. The number of carboxylic acids is 1. The van der Waals surface area contributed by atoms with Gasteiger partial charge in [0.05, 0.1) is 6.54 Å². The third-order valence-electron chi connectivity index (χ3n) is 2.17. The van der Waals surface area contributed by atoms with Crippen molar-refractivity contribution in [1.29, 1.82) is 0 Å². The topological polar surface area (TPSA) is 87.1 Å². The highest BCUT2D eigenvalue weighted by Gasteiger charge is 2.49. The summed E-state index contributed by atoms with van der Waals surface area (Å²) in [4.78, 5) is 21.7. The third kappa shape index (κ3) is 1.63. The second-order valence-corrected chi connectivity index (χ2v) is 2.94. The molecule has 7 heteroatoms. The zero-order chi connectivity index (χ0) is 10.9. The number of halogens is 1. The van der Waals surface area contributed by atoms with E-state index in [0.29, 0.717) is 4.90 Å². The molecule has 0 aliphatic carbocycles. The molecule has 0 saturated carbocycles. The lowest BCUT2D eigenvalue weighted by Crippen LogP contribution is -2.43. The summed E-state index contributed by atoms with van der Waals surface area (Å²) < 4.78 is 17.9. The van der Waals surface area contributed by atoms with Gasteiger partial charge in [0.25, 0.3) is 0 Å². The number of carbonyl (C=O) groups is 2. The number of alkyl halides is 1. The number of carboxylic acid groups (broad SMARTS) is 2. The maximum absolute atomic E-state index is 13.3. The Balaban J connectivity index is 2.87. The van der Waals surface area contributed by atoms with E-state index in [4.69, 9.17) is 10.2 Å². The fourth-order valence-corrected chi connectivity index (χ4v) is 1.45. The Labute approximate surface area is 78.9 Å². The van der Waals surface area contributed by atoms with Crippen LogP contribution in [0.25, 0.3) is 0 Å². The first-order chi connectivity index (χ1) is 6.49. The number of nitrogens with zero attached hydrogens (tertiary/aromatic N) is 1. The minimum Gasteiger partial charge on any atom is -0.480 e. The highest BCUT2D eigenvalue weighted by molar-refractivity contribution is 5.81. The number of rotatable bonds is 2. The van der Waals surface area contributed by atoms with Gasteiger partial charge in [-0.3, -0.25) is 4.90 Å². The molecule has 3 atom stereocenters. The molecule has 1 aliphatic heterocycles. The van der Waals surface area contributed by atoms with Gasteiger partial charge in [-0.05, 0) is 0 Å². The second-order valence-electron chi connectivity index (χ2n) is 2.94. The lowest BCUT2D eigenvalue weighted by molar-refractivity contribution is -0.143. The molecule has 1 heterocycles. The van der Waals surface area contributed by atoms with E-state index >= 15 is 0 Å². The highest BCUT2D eigenvalue weighted by atomic mass is 19.1. The average molecular weight is 207 g/mol. The van der Waals surface area contributed by atoms with Gasteiger partial charge in [-0.2, -0.15) is 0 Å². The van der Waals surface area contributed by atoms with E-state index in [1.165, 1.54) is 7.11 Å². The van der Waals surface area contributed by atoms with E-state index in [-0.39, 0.29) is 6.54 Å². The van der Waals surface area contributed by atoms with Crippen molar-refractivity contribution in [2.75, 3.05) is 13.7 Å². The Morgan fingerprint density at radius 1 is 1.50 bits per heavy atom. The molecule has 0 bridgehead atoms. The molecule has 6 nitrogen and oxygen atoms in total. The van der Waals surface area contributed by atoms with Gasteiger partial charge < -0.3 is 14.9 Å². The molecule has 0 spiro atoms. The molecule has 0 radical (unpaired) electrons. The van der Waals surface area contributed by atoms with E-state index in [1.54, 1.807) is 0 Å². The number of likely N-dealkylation sites (tertiary alicyclic amines) is 1. The van der Waals surface area contributed by atoms with E-state index < -0.39 is 30.4 Å². The van der Waals surface area contributed by atoms with E-state index in [0.717, 1.165) is 0 Å². The zero-order valence-corrected chi connectivity index (χ0v) is 7.38. The quantitative estimate of drug-likeness (QED) is 0.654. The molecule has 1 amide bonds. The van der Waals surface area contributed by atoms with Crippen molar-refractivity contribution >= 4 is 12.1 Å². The van der Waals surface area contributed by atoms with Crippen LogP contribution in [0.2, 0.25) is 0 Å². The van der Waals surface area contributed by atoms with Gasteiger partial charge in [0, 0.05) is 7.11 Å². The minimum atomic E-state index is -1.83. The Morgan fingerprint density at radius 3 is 2.36 bits per heavy atom. The number of amides is 1. The number of ether oxygens (including phenoxy) is 1. The summed E-state index contributed by atoms with van der Waals surface area (Å²) in [6.45, 7) is -0.260. The second kappa shape index (κ2) is 3.79. The van der Waals surface area contributed by atoms with Gasteiger partial charge in [-0.1, -0.05) is 0 Å². The van der Waals surface area contributed by atoms with E-state index in [9.17, 15) is 14.0 Å². The third-order valence-corrected chi connectivity index (χ3v) is 2.17. The van der Waals surface area contributed by atoms with Crippen LogP contribution in [0.1, 0.15) is 0 Å². The van der Waals surface area contributed by atoms with Crippen molar-refractivity contribution in [1.82, 2.24) is 4.90 Å². The van der Waals surface area contributed by atoms with Crippen LogP contribution in [-0.2, 0) is 9.53 Å². The Hall–Kier alpha value is -1.37. The molecule has 2 N–H and O–H groups in total. The minimum absolute atomic E-state index is 0.260. The Bertz CT molecular complexity index is 258. The van der Waals surface area contributed by atoms with Crippen molar-refractivity contribution in [2.24, 2.45) is 0 Å². The number of methoxy groups -OCH3 is 1. The highest BCUT2D eigenvalue weighted by Crippen LogP contribution is 2.23. The molecule has 1 saturated heterocycles. The zero-order valence-electron chi connectivity index (χ0n) is 7.38. The van der Waals surface area contributed by atoms with E-state index in [1.807, 2.05) is 0 Å². The molecule has 0 aromatic rings. The summed E-state index contributed by atoms with van der Waals surface area (Å²) in [6.07, 6.45) is -4.29. The van der Waals surface area contributed by atoms with Crippen LogP contribution in [-0.4, -0.2) is 59.1 Å². The largest absolute Gasteiger partial charge is 0.480 e. The normalized spacial score (nSPS) is 31.9. The maximum atomic E-state index is 13.3. The summed E-state index contributed by atoms with van der Waals surface area (Å²) in [5, 5.41) is 17.2.